The predicted molar refractivity (Wildman–Crippen MR) is 174 cm³/mol. The number of benzene rings is 2. The van der Waals surface area contributed by atoms with Crippen molar-refractivity contribution in [2.45, 2.75) is 58.0 Å². The highest BCUT2D eigenvalue weighted by Gasteiger charge is 2.36. The van der Waals surface area contributed by atoms with Crippen molar-refractivity contribution < 1.29 is 31.8 Å². The van der Waals surface area contributed by atoms with Gasteiger partial charge in [-0.15, -0.1) is 0 Å². The maximum absolute atomic E-state index is 14.5. The van der Waals surface area contributed by atoms with Crippen LogP contribution in [0.4, 0.5) is 33.9 Å². The van der Waals surface area contributed by atoms with E-state index in [0.717, 1.165) is 21.5 Å². The van der Waals surface area contributed by atoms with E-state index in [4.69, 9.17) is 26.1 Å². The highest BCUT2D eigenvalue weighted by Crippen LogP contribution is 2.38. The van der Waals surface area contributed by atoms with Crippen molar-refractivity contribution in [3.8, 4) is 12.1 Å². The van der Waals surface area contributed by atoms with Crippen molar-refractivity contribution in [3.63, 3.8) is 0 Å². The molecule has 1 fully saturated rings. The van der Waals surface area contributed by atoms with Crippen LogP contribution in [0.5, 0.6) is 6.01 Å². The zero-order valence-corrected chi connectivity index (χ0v) is 28.0. The SMILES string of the molecule is CN(CCOc1nc2c(c(N3CCN(C(=O)OC(C)(C)C)[C@@H](CC#N)C3)n1)CCN(c1cccc3ccc(F)c(Cl)c13)C2)CC(F)(F)F. The van der Waals surface area contributed by atoms with Crippen LogP contribution in [0.3, 0.4) is 0 Å². The molecule has 1 aromatic heterocycles. The van der Waals surface area contributed by atoms with Gasteiger partial charge in [-0.3, -0.25) is 4.90 Å². The molecule has 0 N–H and O–H groups in total. The molecule has 0 aliphatic carbocycles. The average Bonchev–Trinajstić information content (AvgIpc) is 3.00. The van der Waals surface area contributed by atoms with E-state index in [0.29, 0.717) is 49.5 Å². The first kappa shape index (κ1) is 35.2. The molecule has 0 unspecified atom stereocenters. The Morgan fingerprint density at radius 2 is 1.90 bits per heavy atom. The van der Waals surface area contributed by atoms with Gasteiger partial charge in [0.2, 0.25) is 0 Å². The number of amides is 1. The van der Waals surface area contributed by atoms with Crippen LogP contribution >= 0.6 is 11.6 Å². The van der Waals surface area contributed by atoms with E-state index in [2.05, 4.69) is 11.1 Å². The lowest BCUT2D eigenvalue weighted by Gasteiger charge is -2.42. The Kier molecular flexibility index (Phi) is 10.4. The second-order valence-corrected chi connectivity index (χ2v) is 13.4. The molecule has 258 valence electrons. The van der Waals surface area contributed by atoms with Crippen molar-refractivity contribution in [2.75, 3.05) is 62.7 Å². The van der Waals surface area contributed by atoms with Gasteiger partial charge in [-0.2, -0.15) is 28.4 Å². The minimum atomic E-state index is -4.34. The summed E-state index contributed by atoms with van der Waals surface area (Å²) in [5, 5.41) is 11.0. The van der Waals surface area contributed by atoms with Crippen LogP contribution in [0.25, 0.3) is 10.8 Å². The third kappa shape index (κ3) is 8.30. The molecule has 2 aliphatic heterocycles. The molecule has 3 heterocycles. The summed E-state index contributed by atoms with van der Waals surface area (Å²) in [5.74, 6) is 0.0503. The van der Waals surface area contributed by atoms with Gasteiger partial charge in [0, 0.05) is 49.4 Å². The first-order chi connectivity index (χ1) is 22.6. The normalized spacial score (nSPS) is 17.0. The molecule has 1 amide bonds. The molecular weight excluding hydrogens is 654 g/mol. The smallest absolute Gasteiger partial charge is 0.410 e. The number of carbonyl (C=O) groups excluding carboxylic acids is 1. The number of rotatable bonds is 8. The fraction of sp³-hybridized carbons (Fsp3) is 0.515. The molecule has 3 aromatic rings. The molecule has 0 bridgehead atoms. The van der Waals surface area contributed by atoms with E-state index in [9.17, 15) is 27.6 Å². The minimum Gasteiger partial charge on any atom is -0.462 e. The summed E-state index contributed by atoms with van der Waals surface area (Å²) in [6.07, 6.45) is -4.26. The Morgan fingerprint density at radius 3 is 2.60 bits per heavy atom. The first-order valence-electron chi connectivity index (χ1n) is 15.6. The highest BCUT2D eigenvalue weighted by atomic mass is 35.5. The van der Waals surface area contributed by atoms with Gasteiger partial charge >= 0.3 is 18.3 Å². The van der Waals surface area contributed by atoms with Gasteiger partial charge in [0.1, 0.15) is 23.8 Å². The topological polar surface area (TPSA) is 98.1 Å². The van der Waals surface area contributed by atoms with Crippen LogP contribution in [0.15, 0.2) is 30.3 Å². The number of ether oxygens (including phenoxy) is 2. The lowest BCUT2D eigenvalue weighted by Crippen LogP contribution is -2.56. The fourth-order valence-corrected chi connectivity index (χ4v) is 6.31. The Balaban J connectivity index is 1.46. The van der Waals surface area contributed by atoms with Crippen LogP contribution in [-0.4, -0.2) is 96.6 Å². The number of hydrogen-bond donors (Lipinski definition) is 0. The van der Waals surface area contributed by atoms with Gasteiger partial charge in [0.15, 0.2) is 0 Å². The van der Waals surface area contributed by atoms with Gasteiger partial charge in [-0.1, -0.05) is 29.8 Å². The molecule has 0 saturated carbocycles. The Bertz CT molecular complexity index is 1690. The van der Waals surface area contributed by atoms with Crippen LogP contribution in [0.1, 0.15) is 38.4 Å². The van der Waals surface area contributed by atoms with Crippen molar-refractivity contribution >= 4 is 40.0 Å². The lowest BCUT2D eigenvalue weighted by molar-refractivity contribution is -0.143. The number of carbonyl (C=O) groups is 1. The largest absolute Gasteiger partial charge is 0.462 e. The number of nitriles is 1. The van der Waals surface area contributed by atoms with E-state index in [-0.39, 0.29) is 37.2 Å². The van der Waals surface area contributed by atoms with Crippen molar-refractivity contribution in [1.82, 2.24) is 19.8 Å². The molecular formula is C33H38ClF4N7O3. The second-order valence-electron chi connectivity index (χ2n) is 13.0. The zero-order valence-electron chi connectivity index (χ0n) is 27.3. The van der Waals surface area contributed by atoms with E-state index in [1.807, 2.05) is 28.0 Å². The summed E-state index contributed by atoms with van der Waals surface area (Å²) in [5.41, 5.74) is 1.52. The van der Waals surface area contributed by atoms with Gasteiger partial charge in [0.25, 0.3) is 0 Å². The van der Waals surface area contributed by atoms with Crippen LogP contribution in [0, 0.1) is 17.1 Å². The van der Waals surface area contributed by atoms with Crippen LogP contribution < -0.4 is 14.5 Å². The number of piperazine rings is 1. The molecule has 1 saturated heterocycles. The molecule has 2 aliphatic rings. The number of likely N-dealkylation sites (N-methyl/N-ethyl adjacent to an activating group) is 1. The number of hydrogen-bond acceptors (Lipinski definition) is 9. The summed E-state index contributed by atoms with van der Waals surface area (Å²) >= 11 is 6.45. The third-order valence-corrected chi connectivity index (χ3v) is 8.54. The zero-order chi connectivity index (χ0) is 34.8. The van der Waals surface area contributed by atoms with Gasteiger partial charge < -0.3 is 24.2 Å². The molecule has 2 aromatic carbocycles. The molecule has 10 nitrogen and oxygen atoms in total. The summed E-state index contributed by atoms with van der Waals surface area (Å²) in [6.45, 7) is 5.97. The van der Waals surface area contributed by atoms with Crippen molar-refractivity contribution in [1.29, 1.82) is 5.26 Å². The van der Waals surface area contributed by atoms with Crippen molar-refractivity contribution in [2.24, 2.45) is 0 Å². The van der Waals surface area contributed by atoms with E-state index < -0.39 is 36.3 Å². The maximum Gasteiger partial charge on any atom is 0.410 e. The van der Waals surface area contributed by atoms with E-state index in [1.165, 1.54) is 13.1 Å². The quantitative estimate of drug-likeness (QED) is 0.256. The standard InChI is InChI=1S/C33H38ClF4N7O3/c1-32(2,3)48-31(46)45-15-14-44(18-22(45)10-12-39)29-23-11-13-43(26-7-5-6-21-8-9-24(35)28(34)27(21)26)19-25(23)40-30(41-29)47-17-16-42(4)20-33(36,37)38/h5-9,22H,10-11,13-20H2,1-4H3/t22-/m0/s1. The van der Waals surface area contributed by atoms with E-state index >= 15 is 0 Å². The number of alkyl halides is 3. The molecule has 0 spiro atoms. The minimum absolute atomic E-state index is 0.000546. The van der Waals surface area contributed by atoms with Gasteiger partial charge in [-0.05, 0) is 51.8 Å². The number of fused-ring (bicyclic) bond motifs is 2. The van der Waals surface area contributed by atoms with Gasteiger partial charge in [-0.25, -0.2) is 9.18 Å². The Labute approximate surface area is 281 Å². The van der Waals surface area contributed by atoms with E-state index in [1.54, 1.807) is 31.7 Å². The molecule has 5 rings (SSSR count). The molecule has 1 atom stereocenters. The summed E-state index contributed by atoms with van der Waals surface area (Å²) in [7, 11) is 1.35. The number of halogens is 5. The molecule has 48 heavy (non-hydrogen) atoms. The Hall–Kier alpha value is -4.09. The molecule has 0 radical (unpaired) electrons. The van der Waals surface area contributed by atoms with Crippen LogP contribution in [-0.2, 0) is 17.7 Å². The first-order valence-corrected chi connectivity index (χ1v) is 16.0. The predicted octanol–water partition coefficient (Wildman–Crippen LogP) is 6.20. The summed E-state index contributed by atoms with van der Waals surface area (Å²) in [4.78, 5) is 29.1. The fourth-order valence-electron chi connectivity index (χ4n) is 6.04. The number of anilines is 2. The Morgan fingerprint density at radius 1 is 1.12 bits per heavy atom. The third-order valence-electron chi connectivity index (χ3n) is 8.17. The molecule has 15 heteroatoms. The number of nitrogens with zero attached hydrogens (tertiary/aromatic N) is 7. The monoisotopic (exact) mass is 691 g/mol. The van der Waals surface area contributed by atoms with Crippen LogP contribution in [0.2, 0.25) is 5.02 Å². The van der Waals surface area contributed by atoms with Crippen molar-refractivity contribution in [3.05, 3.63) is 52.4 Å². The highest BCUT2D eigenvalue weighted by molar-refractivity contribution is 6.36. The summed E-state index contributed by atoms with van der Waals surface area (Å²) < 4.78 is 64.6. The lowest BCUT2D eigenvalue weighted by atomic mass is 10.0. The maximum atomic E-state index is 14.5. The average molecular weight is 692 g/mol. The number of aromatic nitrogens is 2. The summed E-state index contributed by atoms with van der Waals surface area (Å²) in [6, 6.07) is 10.3. The van der Waals surface area contributed by atoms with Gasteiger partial charge in [0.05, 0.1) is 42.3 Å². The second kappa shape index (κ2) is 14.2.